The maximum Gasteiger partial charge on any atom is 0.191 e. The zero-order valence-corrected chi connectivity index (χ0v) is 11.7. The highest BCUT2D eigenvalue weighted by Gasteiger charge is 2.11. The second-order valence-corrected chi connectivity index (χ2v) is 4.78. The van der Waals surface area contributed by atoms with Crippen molar-refractivity contribution in [2.45, 2.75) is 6.54 Å². The first-order chi connectivity index (χ1) is 10.3. The molecular formula is C14H18N6O. The number of ether oxygens (including phenoxy) is 1. The number of nitrogens with two attached hydrogens (primary N) is 1. The molecule has 2 N–H and O–H groups in total. The van der Waals surface area contributed by atoms with Gasteiger partial charge in [0, 0.05) is 13.1 Å². The summed E-state index contributed by atoms with van der Waals surface area (Å²) in [7, 11) is 0. The third-order valence-electron chi connectivity index (χ3n) is 3.38. The smallest absolute Gasteiger partial charge is 0.191 e. The number of guanidine groups is 1. The number of rotatable bonds is 3. The molecule has 0 saturated carbocycles. The van der Waals surface area contributed by atoms with Gasteiger partial charge in [0.15, 0.2) is 5.96 Å². The van der Waals surface area contributed by atoms with Crippen LogP contribution in [0.15, 0.2) is 41.9 Å². The van der Waals surface area contributed by atoms with Crippen LogP contribution in [0.3, 0.4) is 0 Å². The van der Waals surface area contributed by atoms with Crippen LogP contribution >= 0.6 is 0 Å². The third kappa shape index (κ3) is 3.38. The SMILES string of the molecule is NC(=NCc1ccc(-n2cncn2)cc1)N1CCOCC1. The van der Waals surface area contributed by atoms with Crippen LogP contribution in [-0.4, -0.2) is 51.9 Å². The van der Waals surface area contributed by atoms with Crippen molar-refractivity contribution in [2.75, 3.05) is 26.3 Å². The molecule has 0 radical (unpaired) electrons. The first-order valence-corrected chi connectivity index (χ1v) is 6.89. The first kappa shape index (κ1) is 13.6. The largest absolute Gasteiger partial charge is 0.378 e. The van der Waals surface area contributed by atoms with Crippen molar-refractivity contribution in [3.8, 4) is 5.69 Å². The van der Waals surface area contributed by atoms with Crippen LogP contribution < -0.4 is 5.73 Å². The van der Waals surface area contributed by atoms with Crippen LogP contribution in [0.4, 0.5) is 0 Å². The van der Waals surface area contributed by atoms with Crippen molar-refractivity contribution in [1.82, 2.24) is 19.7 Å². The normalized spacial score (nSPS) is 16.2. The van der Waals surface area contributed by atoms with E-state index in [1.54, 1.807) is 11.0 Å². The number of aliphatic imine (C=N–C) groups is 1. The highest BCUT2D eigenvalue weighted by atomic mass is 16.5. The predicted molar refractivity (Wildman–Crippen MR) is 79.1 cm³/mol. The van der Waals surface area contributed by atoms with E-state index in [0.29, 0.717) is 25.7 Å². The lowest BCUT2D eigenvalue weighted by Gasteiger charge is -2.27. The molecule has 1 aliphatic rings. The molecule has 0 bridgehead atoms. The minimum absolute atomic E-state index is 0.570. The van der Waals surface area contributed by atoms with Gasteiger partial charge in [-0.2, -0.15) is 5.10 Å². The van der Waals surface area contributed by atoms with Crippen LogP contribution in [-0.2, 0) is 11.3 Å². The van der Waals surface area contributed by atoms with E-state index in [1.165, 1.54) is 6.33 Å². The van der Waals surface area contributed by atoms with E-state index in [0.717, 1.165) is 24.3 Å². The Balaban J connectivity index is 1.62. The van der Waals surface area contributed by atoms with E-state index < -0.39 is 0 Å². The molecule has 0 unspecified atom stereocenters. The zero-order chi connectivity index (χ0) is 14.5. The molecular weight excluding hydrogens is 268 g/mol. The Morgan fingerprint density at radius 1 is 1.24 bits per heavy atom. The van der Waals surface area contributed by atoms with E-state index in [9.17, 15) is 0 Å². The van der Waals surface area contributed by atoms with Gasteiger partial charge in [0.2, 0.25) is 0 Å². The number of hydrogen-bond acceptors (Lipinski definition) is 4. The van der Waals surface area contributed by atoms with Crippen LogP contribution in [0.2, 0.25) is 0 Å². The van der Waals surface area contributed by atoms with Crippen LogP contribution in [0.5, 0.6) is 0 Å². The van der Waals surface area contributed by atoms with Crippen LogP contribution in [0.1, 0.15) is 5.56 Å². The van der Waals surface area contributed by atoms with Crippen molar-refractivity contribution in [2.24, 2.45) is 10.7 Å². The van der Waals surface area contributed by atoms with E-state index in [2.05, 4.69) is 15.1 Å². The van der Waals surface area contributed by atoms with E-state index in [1.807, 2.05) is 29.2 Å². The number of nitrogens with zero attached hydrogens (tertiary/aromatic N) is 5. The molecule has 1 aliphatic heterocycles. The highest BCUT2D eigenvalue weighted by molar-refractivity contribution is 5.78. The average molecular weight is 286 g/mol. The minimum Gasteiger partial charge on any atom is -0.378 e. The molecule has 21 heavy (non-hydrogen) atoms. The Morgan fingerprint density at radius 3 is 2.67 bits per heavy atom. The summed E-state index contributed by atoms with van der Waals surface area (Å²) in [6.07, 6.45) is 3.19. The third-order valence-corrected chi connectivity index (χ3v) is 3.38. The van der Waals surface area contributed by atoms with E-state index in [4.69, 9.17) is 10.5 Å². The molecule has 3 rings (SSSR count). The van der Waals surface area contributed by atoms with Gasteiger partial charge < -0.3 is 15.4 Å². The van der Waals surface area contributed by atoms with Crippen molar-refractivity contribution < 1.29 is 4.74 Å². The molecule has 0 spiro atoms. The fraction of sp³-hybridized carbons (Fsp3) is 0.357. The van der Waals surface area contributed by atoms with Crippen molar-refractivity contribution in [3.05, 3.63) is 42.5 Å². The molecule has 0 atom stereocenters. The summed E-state index contributed by atoms with van der Waals surface area (Å²) >= 11 is 0. The molecule has 7 nitrogen and oxygen atoms in total. The maximum absolute atomic E-state index is 6.00. The number of aromatic nitrogens is 3. The van der Waals surface area contributed by atoms with Crippen molar-refractivity contribution in [1.29, 1.82) is 0 Å². The highest BCUT2D eigenvalue weighted by Crippen LogP contribution is 2.09. The van der Waals surface area contributed by atoms with Gasteiger partial charge in [0.05, 0.1) is 25.4 Å². The van der Waals surface area contributed by atoms with Gasteiger partial charge in [-0.05, 0) is 17.7 Å². The molecule has 0 aliphatic carbocycles. The molecule has 1 aromatic carbocycles. The molecule has 7 heteroatoms. The van der Waals surface area contributed by atoms with Gasteiger partial charge in [-0.3, -0.25) is 0 Å². The summed E-state index contributed by atoms with van der Waals surface area (Å²) in [4.78, 5) is 10.4. The fourth-order valence-electron chi connectivity index (χ4n) is 2.16. The Morgan fingerprint density at radius 2 is 2.00 bits per heavy atom. The van der Waals surface area contributed by atoms with Gasteiger partial charge >= 0.3 is 0 Å². The monoisotopic (exact) mass is 286 g/mol. The summed E-state index contributed by atoms with van der Waals surface area (Å²) in [6.45, 7) is 3.60. The summed E-state index contributed by atoms with van der Waals surface area (Å²) in [5.41, 5.74) is 8.08. The van der Waals surface area contributed by atoms with Crippen LogP contribution in [0.25, 0.3) is 5.69 Å². The zero-order valence-electron chi connectivity index (χ0n) is 11.7. The molecule has 2 heterocycles. The number of morpholine rings is 1. The molecule has 2 aromatic rings. The van der Waals surface area contributed by atoms with Crippen molar-refractivity contribution in [3.63, 3.8) is 0 Å². The Kier molecular flexibility index (Phi) is 4.11. The van der Waals surface area contributed by atoms with E-state index in [-0.39, 0.29) is 0 Å². The summed E-state index contributed by atoms with van der Waals surface area (Å²) in [5, 5.41) is 4.09. The van der Waals surface area contributed by atoms with E-state index >= 15 is 0 Å². The second-order valence-electron chi connectivity index (χ2n) is 4.78. The lowest BCUT2D eigenvalue weighted by atomic mass is 10.2. The van der Waals surface area contributed by atoms with Gasteiger partial charge in [0.1, 0.15) is 12.7 Å². The van der Waals surface area contributed by atoms with Crippen LogP contribution in [0, 0.1) is 0 Å². The maximum atomic E-state index is 6.00. The first-order valence-electron chi connectivity index (χ1n) is 6.89. The Labute approximate surface area is 123 Å². The van der Waals surface area contributed by atoms with Gasteiger partial charge in [-0.1, -0.05) is 12.1 Å². The standard InChI is InChI=1S/C14H18N6O/c15-14(19-5-7-21-8-6-19)17-9-12-1-3-13(4-2-12)20-11-16-10-18-20/h1-4,10-11H,5-9H2,(H2,15,17). The topological polar surface area (TPSA) is 81.6 Å². The fourth-order valence-corrected chi connectivity index (χ4v) is 2.16. The quantitative estimate of drug-likeness (QED) is 0.653. The molecule has 110 valence electrons. The Hall–Kier alpha value is -2.41. The summed E-state index contributed by atoms with van der Waals surface area (Å²) in [6, 6.07) is 8.02. The number of benzene rings is 1. The van der Waals surface area contributed by atoms with Crippen molar-refractivity contribution >= 4 is 5.96 Å². The molecule has 1 fully saturated rings. The van der Waals surface area contributed by atoms with Gasteiger partial charge in [0.25, 0.3) is 0 Å². The summed E-state index contributed by atoms with van der Waals surface area (Å²) in [5.74, 6) is 0.582. The average Bonchev–Trinajstić information content (AvgIpc) is 3.08. The lowest BCUT2D eigenvalue weighted by Crippen LogP contribution is -2.44. The predicted octanol–water partition coefficient (Wildman–Crippen LogP) is 0.414. The number of hydrogen-bond donors (Lipinski definition) is 1. The second kappa shape index (κ2) is 6.36. The lowest BCUT2D eigenvalue weighted by molar-refractivity contribution is 0.0674. The summed E-state index contributed by atoms with van der Waals surface area (Å²) < 4.78 is 7.01. The van der Waals surface area contributed by atoms with Gasteiger partial charge in [-0.15, -0.1) is 0 Å². The molecule has 0 amide bonds. The minimum atomic E-state index is 0.570. The molecule has 1 saturated heterocycles. The molecule has 1 aromatic heterocycles. The van der Waals surface area contributed by atoms with Gasteiger partial charge in [-0.25, -0.2) is 14.7 Å². The Bertz CT molecular complexity index is 586.